The first kappa shape index (κ1) is 20.2. The molecular formula is C25H20N2O4. The molecule has 0 N–H and O–H groups in total. The van der Waals surface area contributed by atoms with Crippen molar-refractivity contribution in [1.29, 1.82) is 5.26 Å². The lowest BCUT2D eigenvalue weighted by Gasteiger charge is -2.22. The van der Waals surface area contributed by atoms with Crippen molar-refractivity contribution in [1.82, 2.24) is 0 Å². The van der Waals surface area contributed by atoms with Crippen molar-refractivity contribution >= 4 is 33.3 Å². The average Bonchev–Trinajstić information content (AvgIpc) is 2.78. The zero-order valence-electron chi connectivity index (χ0n) is 17.0. The Bertz CT molecular complexity index is 1350. The monoisotopic (exact) mass is 412 g/mol. The number of carbonyl (C=O) groups is 1. The summed E-state index contributed by atoms with van der Waals surface area (Å²) in [4.78, 5) is 26.7. The standard InChI is InChI=1S/C25H20N2O4/c1-17-14-19(15-22-24(17)20-10-5-6-11-21(20)25(29)31-22)30-16-23(28)27(13-7-12-26)18-8-3-2-4-9-18/h2-6,8-11,14-15H,7,13,16H2,1H3. The fourth-order valence-electron chi connectivity index (χ4n) is 3.66. The third-order valence-electron chi connectivity index (χ3n) is 5.07. The predicted octanol–water partition coefficient (Wildman–Crippen LogP) is 4.58. The Balaban J connectivity index is 1.61. The van der Waals surface area contributed by atoms with Crippen molar-refractivity contribution < 1.29 is 13.9 Å². The van der Waals surface area contributed by atoms with Gasteiger partial charge in [0, 0.05) is 29.1 Å². The Morgan fingerprint density at radius 2 is 1.77 bits per heavy atom. The highest BCUT2D eigenvalue weighted by atomic mass is 16.5. The summed E-state index contributed by atoms with van der Waals surface area (Å²) in [5.74, 6) is 0.171. The molecule has 0 saturated carbocycles. The van der Waals surface area contributed by atoms with Crippen LogP contribution in [-0.4, -0.2) is 19.1 Å². The third-order valence-corrected chi connectivity index (χ3v) is 5.07. The maximum absolute atomic E-state index is 12.8. The van der Waals surface area contributed by atoms with Gasteiger partial charge in [0.15, 0.2) is 6.61 Å². The topological polar surface area (TPSA) is 83.5 Å². The Labute approximate surface area is 178 Å². The van der Waals surface area contributed by atoms with Crippen molar-refractivity contribution in [2.45, 2.75) is 13.3 Å². The minimum absolute atomic E-state index is 0.205. The third kappa shape index (κ3) is 4.12. The lowest BCUT2D eigenvalue weighted by molar-refractivity contribution is -0.120. The number of fused-ring (bicyclic) bond motifs is 3. The van der Waals surface area contributed by atoms with Crippen molar-refractivity contribution in [2.75, 3.05) is 18.1 Å². The second kappa shape index (κ2) is 8.72. The van der Waals surface area contributed by atoms with Crippen molar-refractivity contribution in [3.8, 4) is 11.8 Å². The molecule has 4 aromatic rings. The predicted molar refractivity (Wildman–Crippen MR) is 119 cm³/mol. The molecule has 0 saturated heterocycles. The van der Waals surface area contributed by atoms with Crippen LogP contribution in [0.5, 0.6) is 5.75 Å². The fourth-order valence-corrected chi connectivity index (χ4v) is 3.66. The van der Waals surface area contributed by atoms with Crippen molar-refractivity contribution in [3.05, 3.63) is 82.7 Å². The average molecular weight is 412 g/mol. The quantitative estimate of drug-likeness (QED) is 0.342. The first-order valence-corrected chi connectivity index (χ1v) is 9.90. The van der Waals surface area contributed by atoms with Gasteiger partial charge >= 0.3 is 5.63 Å². The molecule has 0 aliphatic heterocycles. The van der Waals surface area contributed by atoms with Gasteiger partial charge in [-0.25, -0.2) is 4.79 Å². The van der Waals surface area contributed by atoms with Gasteiger partial charge in [0.05, 0.1) is 17.9 Å². The number of carbonyl (C=O) groups excluding carboxylic acids is 1. The Kier molecular flexibility index (Phi) is 5.67. The van der Waals surface area contributed by atoms with E-state index in [0.29, 0.717) is 22.4 Å². The SMILES string of the molecule is Cc1cc(OCC(=O)N(CCC#N)c2ccccc2)cc2oc(=O)c3ccccc3c12. The van der Waals surface area contributed by atoms with Gasteiger partial charge in [-0.15, -0.1) is 0 Å². The molecule has 0 atom stereocenters. The van der Waals surface area contributed by atoms with E-state index in [1.54, 1.807) is 18.2 Å². The zero-order valence-corrected chi connectivity index (χ0v) is 17.0. The lowest BCUT2D eigenvalue weighted by atomic mass is 10.0. The van der Waals surface area contributed by atoms with E-state index in [0.717, 1.165) is 16.3 Å². The number of hydrogen-bond acceptors (Lipinski definition) is 5. The van der Waals surface area contributed by atoms with Crippen LogP contribution in [0.15, 0.2) is 75.9 Å². The maximum atomic E-state index is 12.8. The molecule has 0 aliphatic rings. The van der Waals surface area contributed by atoms with Crippen LogP contribution in [-0.2, 0) is 4.79 Å². The molecule has 6 nitrogen and oxygen atoms in total. The molecule has 0 radical (unpaired) electrons. The number of hydrogen-bond donors (Lipinski definition) is 0. The van der Waals surface area contributed by atoms with Gasteiger partial charge in [-0.1, -0.05) is 36.4 Å². The summed E-state index contributed by atoms with van der Waals surface area (Å²) < 4.78 is 11.3. The molecular weight excluding hydrogens is 392 g/mol. The van der Waals surface area contributed by atoms with Gasteiger partial charge in [-0.2, -0.15) is 5.26 Å². The second-order valence-electron chi connectivity index (χ2n) is 7.13. The molecule has 0 fully saturated rings. The molecule has 3 aromatic carbocycles. The second-order valence-corrected chi connectivity index (χ2v) is 7.13. The maximum Gasteiger partial charge on any atom is 0.344 e. The van der Waals surface area contributed by atoms with Crippen LogP contribution in [0.3, 0.4) is 0 Å². The molecule has 1 amide bonds. The molecule has 31 heavy (non-hydrogen) atoms. The number of nitrogens with zero attached hydrogens (tertiary/aromatic N) is 2. The van der Waals surface area contributed by atoms with Crippen LogP contribution in [0.25, 0.3) is 21.7 Å². The van der Waals surface area contributed by atoms with Gasteiger partial charge in [-0.05, 0) is 36.8 Å². The van der Waals surface area contributed by atoms with Crippen LogP contribution in [0.4, 0.5) is 5.69 Å². The van der Waals surface area contributed by atoms with Crippen molar-refractivity contribution in [3.63, 3.8) is 0 Å². The number of ether oxygens (including phenoxy) is 1. The summed E-state index contributed by atoms with van der Waals surface area (Å²) in [5.41, 5.74) is 1.58. The van der Waals surface area contributed by atoms with Gasteiger partial charge in [0.25, 0.3) is 5.91 Å². The van der Waals surface area contributed by atoms with Crippen LogP contribution >= 0.6 is 0 Å². The molecule has 0 unspecified atom stereocenters. The van der Waals surface area contributed by atoms with Crippen LogP contribution in [0.1, 0.15) is 12.0 Å². The van der Waals surface area contributed by atoms with Crippen LogP contribution in [0.2, 0.25) is 0 Å². The van der Waals surface area contributed by atoms with E-state index in [1.165, 1.54) is 4.90 Å². The highest BCUT2D eigenvalue weighted by molar-refractivity contribution is 6.06. The van der Waals surface area contributed by atoms with E-state index >= 15 is 0 Å². The summed E-state index contributed by atoms with van der Waals surface area (Å²) in [7, 11) is 0. The smallest absolute Gasteiger partial charge is 0.344 e. The van der Waals surface area contributed by atoms with Gasteiger partial charge < -0.3 is 14.1 Å². The Hall–Kier alpha value is -4.11. The highest BCUT2D eigenvalue weighted by Crippen LogP contribution is 2.30. The van der Waals surface area contributed by atoms with Gasteiger partial charge in [0.1, 0.15) is 11.3 Å². The first-order chi connectivity index (χ1) is 15.1. The van der Waals surface area contributed by atoms with Gasteiger partial charge in [-0.3, -0.25) is 4.79 Å². The van der Waals surface area contributed by atoms with E-state index in [4.69, 9.17) is 14.4 Å². The summed E-state index contributed by atoms with van der Waals surface area (Å²) in [5, 5.41) is 11.1. The van der Waals surface area contributed by atoms with Crippen LogP contribution < -0.4 is 15.3 Å². The summed E-state index contributed by atoms with van der Waals surface area (Å²) in [6.07, 6.45) is 0.216. The number of nitriles is 1. The summed E-state index contributed by atoms with van der Waals surface area (Å²) in [6, 6.07) is 22.0. The molecule has 0 aliphatic carbocycles. The molecule has 1 aromatic heterocycles. The first-order valence-electron chi connectivity index (χ1n) is 9.90. The molecule has 154 valence electrons. The molecule has 0 spiro atoms. The minimum atomic E-state index is -0.414. The Morgan fingerprint density at radius 3 is 2.52 bits per heavy atom. The van der Waals surface area contributed by atoms with E-state index in [9.17, 15) is 9.59 Å². The Morgan fingerprint density at radius 1 is 1.06 bits per heavy atom. The molecule has 4 rings (SSSR count). The number of para-hydroxylation sites is 1. The largest absolute Gasteiger partial charge is 0.484 e. The summed E-state index contributed by atoms with van der Waals surface area (Å²) >= 11 is 0. The van der Waals surface area contributed by atoms with E-state index in [-0.39, 0.29) is 25.5 Å². The van der Waals surface area contributed by atoms with Crippen LogP contribution in [0, 0.1) is 18.3 Å². The number of aryl methyl sites for hydroxylation is 1. The molecule has 0 bridgehead atoms. The van der Waals surface area contributed by atoms with Gasteiger partial charge in [0.2, 0.25) is 0 Å². The minimum Gasteiger partial charge on any atom is -0.484 e. The van der Waals surface area contributed by atoms with E-state index in [2.05, 4.69) is 6.07 Å². The number of amides is 1. The molecule has 1 heterocycles. The fraction of sp³-hybridized carbons (Fsp3) is 0.160. The number of rotatable bonds is 6. The summed E-state index contributed by atoms with van der Waals surface area (Å²) in [6.45, 7) is 1.98. The highest BCUT2D eigenvalue weighted by Gasteiger charge is 2.17. The molecule has 6 heteroatoms. The lowest BCUT2D eigenvalue weighted by Crippen LogP contribution is -2.35. The van der Waals surface area contributed by atoms with E-state index < -0.39 is 5.63 Å². The number of anilines is 1. The van der Waals surface area contributed by atoms with Crippen molar-refractivity contribution in [2.24, 2.45) is 0 Å². The number of benzene rings is 3. The normalized spacial score (nSPS) is 10.7. The zero-order chi connectivity index (χ0) is 21.8. The van der Waals surface area contributed by atoms with E-state index in [1.807, 2.05) is 55.5 Å².